The fourth-order valence-corrected chi connectivity index (χ4v) is 5.75. The van der Waals surface area contributed by atoms with E-state index < -0.39 is 104 Å². The maximum Gasteiger partial charge on any atom is 0.312 e. The van der Waals surface area contributed by atoms with Gasteiger partial charge in [-0.05, 0) is 26.2 Å². The van der Waals surface area contributed by atoms with Crippen molar-refractivity contribution >= 4 is 35.8 Å². The Balaban J connectivity index is 5.91. The van der Waals surface area contributed by atoms with Crippen LogP contribution in [-0.2, 0) is 47.7 Å². The lowest BCUT2D eigenvalue weighted by molar-refractivity contribution is -0.167. The van der Waals surface area contributed by atoms with Gasteiger partial charge in [-0.3, -0.25) is 28.8 Å². The highest BCUT2D eigenvalue weighted by atomic mass is 16.6. The highest BCUT2D eigenvalue weighted by Crippen LogP contribution is 2.29. The summed E-state index contributed by atoms with van der Waals surface area (Å²) >= 11 is 0. The Hall–Kier alpha value is -3.30. The second-order valence-corrected chi connectivity index (χ2v) is 13.3. The van der Waals surface area contributed by atoms with Crippen LogP contribution in [0.3, 0.4) is 0 Å². The Morgan fingerprint density at radius 1 is 0.588 bits per heavy atom. The van der Waals surface area contributed by atoms with E-state index in [9.17, 15) is 49.2 Å². The highest BCUT2D eigenvalue weighted by Gasteiger charge is 2.37. The van der Waals surface area contributed by atoms with Gasteiger partial charge in [0.2, 0.25) is 0 Å². The van der Waals surface area contributed by atoms with Gasteiger partial charge in [0.05, 0.1) is 51.1 Å². The topological polar surface area (TPSA) is 246 Å². The Labute approximate surface area is 301 Å². The molecule has 0 aliphatic heterocycles. The van der Waals surface area contributed by atoms with Crippen molar-refractivity contribution in [2.45, 2.75) is 141 Å². The maximum absolute atomic E-state index is 13.6. The summed E-state index contributed by atoms with van der Waals surface area (Å²) in [6.45, 7) is 2.62. The average molecular weight is 734 g/mol. The van der Waals surface area contributed by atoms with Crippen molar-refractivity contribution in [2.75, 3.05) is 27.4 Å². The van der Waals surface area contributed by atoms with Crippen molar-refractivity contribution in [2.24, 2.45) is 29.4 Å². The zero-order chi connectivity index (χ0) is 38.8. The molecule has 0 saturated carbocycles. The SMILES string of the molecule is CCCCCCCCC(C(=O)OCC(CC(=O)O)C(=O)OC)C(CCCCCCC[C@H](O)C[C@@H](O)C(C)N)C(=O)OCC(CC(=O)O)C(=O)OC. The molecule has 6 N–H and O–H groups in total. The zero-order valence-corrected chi connectivity index (χ0v) is 30.9. The van der Waals surface area contributed by atoms with E-state index in [2.05, 4.69) is 16.4 Å². The average Bonchev–Trinajstić information content (AvgIpc) is 3.08. The number of unbranched alkanes of at least 4 members (excludes halogenated alkanes) is 9. The number of carbonyl (C=O) groups excluding carboxylic acids is 4. The van der Waals surface area contributed by atoms with Gasteiger partial charge in [-0.1, -0.05) is 77.6 Å². The first-order valence-corrected chi connectivity index (χ1v) is 18.2. The standard InChI is InChI=1S/C36H63NO14/c1-5-6-7-8-11-14-17-28(35(46)50-22-25(19-31(40)41)33(44)48-3)29(36(47)51-23-26(20-32(42)43)34(45)49-4)18-15-12-9-10-13-16-27(38)21-30(39)24(2)37/h24-30,38-39H,5-23,37H2,1-4H3,(H,40,41)(H,42,43)/t24?,25?,26?,27-,28?,29?,30+/m0/s1. The number of carbonyl (C=O) groups is 6. The molecular weight excluding hydrogens is 670 g/mol. The number of esters is 4. The number of nitrogens with two attached hydrogens (primary N) is 1. The number of hydrogen-bond acceptors (Lipinski definition) is 13. The summed E-state index contributed by atoms with van der Waals surface area (Å²) in [4.78, 5) is 74.3. The van der Waals surface area contributed by atoms with E-state index in [1.807, 2.05) is 0 Å². The van der Waals surface area contributed by atoms with Crippen molar-refractivity contribution in [3.05, 3.63) is 0 Å². The molecule has 7 atom stereocenters. The third-order valence-corrected chi connectivity index (χ3v) is 8.90. The normalized spacial score (nSPS) is 15.4. The summed E-state index contributed by atoms with van der Waals surface area (Å²) in [6.07, 6.45) is 7.23. The van der Waals surface area contributed by atoms with E-state index in [1.165, 1.54) is 0 Å². The summed E-state index contributed by atoms with van der Waals surface area (Å²) < 4.78 is 20.3. The molecule has 0 aliphatic rings. The molecule has 5 unspecified atom stereocenters. The van der Waals surface area contributed by atoms with E-state index in [0.29, 0.717) is 32.1 Å². The van der Waals surface area contributed by atoms with Crippen molar-refractivity contribution in [1.82, 2.24) is 0 Å². The van der Waals surface area contributed by atoms with Crippen LogP contribution in [0.1, 0.15) is 123 Å². The third-order valence-electron chi connectivity index (χ3n) is 8.90. The molecule has 0 saturated heterocycles. The lowest BCUT2D eigenvalue weighted by Crippen LogP contribution is -2.36. The molecule has 296 valence electrons. The lowest BCUT2D eigenvalue weighted by atomic mass is 9.83. The van der Waals surface area contributed by atoms with Crippen molar-refractivity contribution < 1.29 is 68.1 Å². The number of aliphatic hydroxyl groups is 2. The van der Waals surface area contributed by atoms with E-state index in [-0.39, 0.29) is 19.3 Å². The molecule has 15 heteroatoms. The van der Waals surface area contributed by atoms with Gasteiger partial charge in [0.25, 0.3) is 0 Å². The fourth-order valence-electron chi connectivity index (χ4n) is 5.75. The summed E-state index contributed by atoms with van der Waals surface area (Å²) in [7, 11) is 2.18. The highest BCUT2D eigenvalue weighted by molar-refractivity contribution is 5.84. The van der Waals surface area contributed by atoms with Crippen LogP contribution >= 0.6 is 0 Å². The number of aliphatic hydroxyl groups excluding tert-OH is 2. The number of methoxy groups -OCH3 is 2. The first kappa shape index (κ1) is 47.7. The van der Waals surface area contributed by atoms with Gasteiger partial charge in [0.1, 0.15) is 25.0 Å². The zero-order valence-electron chi connectivity index (χ0n) is 30.9. The number of carboxylic acids is 2. The van der Waals surface area contributed by atoms with Gasteiger partial charge in [-0.15, -0.1) is 0 Å². The lowest BCUT2D eigenvalue weighted by Gasteiger charge is -2.26. The van der Waals surface area contributed by atoms with Crippen LogP contribution in [0.25, 0.3) is 0 Å². The molecule has 0 aromatic carbocycles. The van der Waals surface area contributed by atoms with Gasteiger partial charge in [0.15, 0.2) is 0 Å². The predicted octanol–water partition coefficient (Wildman–Crippen LogP) is 3.77. The first-order valence-electron chi connectivity index (χ1n) is 18.2. The molecule has 0 bridgehead atoms. The van der Waals surface area contributed by atoms with Gasteiger partial charge in [0, 0.05) is 12.5 Å². The molecule has 0 amide bonds. The molecule has 0 aliphatic carbocycles. The van der Waals surface area contributed by atoms with E-state index in [4.69, 9.17) is 15.2 Å². The Bertz CT molecular complexity index is 1040. The van der Waals surface area contributed by atoms with Crippen molar-refractivity contribution in [1.29, 1.82) is 0 Å². The second-order valence-electron chi connectivity index (χ2n) is 13.3. The van der Waals surface area contributed by atoms with Crippen LogP contribution in [0.2, 0.25) is 0 Å². The summed E-state index contributed by atoms with van der Waals surface area (Å²) in [5.74, 6) is -10.5. The van der Waals surface area contributed by atoms with Gasteiger partial charge in [-0.2, -0.15) is 0 Å². The number of hydrogen-bond donors (Lipinski definition) is 5. The molecule has 0 aromatic heterocycles. The Morgan fingerprint density at radius 2 is 0.961 bits per heavy atom. The van der Waals surface area contributed by atoms with E-state index in [1.54, 1.807) is 6.92 Å². The molecule has 51 heavy (non-hydrogen) atoms. The molecule has 0 spiro atoms. The number of aliphatic carboxylic acids is 2. The van der Waals surface area contributed by atoms with E-state index >= 15 is 0 Å². The number of ether oxygens (including phenoxy) is 4. The molecule has 0 radical (unpaired) electrons. The quantitative estimate of drug-likeness (QED) is 0.0387. The van der Waals surface area contributed by atoms with Crippen LogP contribution in [0, 0.1) is 23.7 Å². The predicted molar refractivity (Wildman–Crippen MR) is 185 cm³/mol. The minimum absolute atomic E-state index is 0.192. The van der Waals surface area contributed by atoms with E-state index in [0.717, 1.165) is 59.2 Å². The largest absolute Gasteiger partial charge is 0.481 e. The summed E-state index contributed by atoms with van der Waals surface area (Å²) in [6, 6.07) is -0.441. The molecule has 0 rings (SSSR count). The van der Waals surface area contributed by atoms with Crippen molar-refractivity contribution in [3.8, 4) is 0 Å². The maximum atomic E-state index is 13.6. The van der Waals surface area contributed by atoms with Gasteiger partial charge in [-0.25, -0.2) is 0 Å². The monoisotopic (exact) mass is 733 g/mol. The second kappa shape index (κ2) is 28.3. The van der Waals surface area contributed by atoms with Gasteiger partial charge < -0.3 is 45.1 Å². The Kier molecular flexibility index (Phi) is 26.5. The number of carboxylic acid groups (broad SMARTS) is 2. The molecule has 0 heterocycles. The number of rotatable bonds is 31. The molecule has 0 fully saturated rings. The molecule has 0 aromatic rings. The van der Waals surface area contributed by atoms with Crippen LogP contribution in [0.5, 0.6) is 0 Å². The van der Waals surface area contributed by atoms with Crippen molar-refractivity contribution in [3.63, 3.8) is 0 Å². The summed E-state index contributed by atoms with van der Waals surface area (Å²) in [5, 5.41) is 38.5. The van der Waals surface area contributed by atoms with Crippen LogP contribution in [0.4, 0.5) is 0 Å². The minimum Gasteiger partial charge on any atom is -0.481 e. The molecule has 15 nitrogen and oxygen atoms in total. The Morgan fingerprint density at radius 3 is 1.31 bits per heavy atom. The first-order chi connectivity index (χ1) is 24.2. The molecular formula is C36H63NO14. The third kappa shape index (κ3) is 22.3. The summed E-state index contributed by atoms with van der Waals surface area (Å²) in [5.41, 5.74) is 5.66. The van der Waals surface area contributed by atoms with Gasteiger partial charge >= 0.3 is 35.8 Å². The van der Waals surface area contributed by atoms with Crippen LogP contribution in [-0.4, -0.2) is 102 Å². The van der Waals surface area contributed by atoms with Crippen LogP contribution < -0.4 is 5.73 Å². The minimum atomic E-state index is -1.29. The van der Waals surface area contributed by atoms with Crippen LogP contribution in [0.15, 0.2) is 0 Å². The smallest absolute Gasteiger partial charge is 0.312 e. The fraction of sp³-hybridized carbons (Fsp3) is 0.833.